The summed E-state index contributed by atoms with van der Waals surface area (Å²) in [6.07, 6.45) is 0. The molecule has 1 atom stereocenters. The number of rotatable bonds is 3. The van der Waals surface area contributed by atoms with Crippen molar-refractivity contribution in [3.8, 4) is 5.75 Å². The number of aryl methyl sites for hydroxylation is 2. The fraction of sp³-hybridized carbons (Fsp3) is 0.250. The molecule has 2 rings (SSSR count). The molecular weight excluding hydrogens is 250 g/mol. The molecule has 3 heteroatoms. The van der Waals surface area contributed by atoms with Gasteiger partial charge in [-0.3, -0.25) is 0 Å². The minimum absolute atomic E-state index is 0. The Hall–Kier alpha value is -1.27. The molecule has 19 heavy (non-hydrogen) atoms. The highest BCUT2D eigenvalue weighted by atomic mass is 31.1. The van der Waals surface area contributed by atoms with Crippen molar-refractivity contribution in [3.05, 3.63) is 53.6 Å². The van der Waals surface area contributed by atoms with Gasteiger partial charge >= 0.3 is 0 Å². The molecule has 1 nitrogen and oxygen atoms in total. The Labute approximate surface area is 119 Å². The third-order valence-electron chi connectivity index (χ3n) is 3.11. The predicted molar refractivity (Wildman–Crippen MR) is 86.8 cm³/mol. The Kier molecular flexibility index (Phi) is 5.63. The molecule has 2 aromatic rings. The second kappa shape index (κ2) is 6.77. The Morgan fingerprint density at radius 3 is 2.21 bits per heavy atom. The maximum absolute atomic E-state index is 5.59. The lowest BCUT2D eigenvalue weighted by Crippen LogP contribution is -2.14. The molecule has 0 fully saturated rings. The second-order valence-electron chi connectivity index (χ2n) is 4.53. The molecule has 2 aromatic carbocycles. The van der Waals surface area contributed by atoms with E-state index in [1.54, 1.807) is 7.11 Å². The lowest BCUT2D eigenvalue weighted by Gasteiger charge is -2.19. The van der Waals surface area contributed by atoms with Crippen molar-refractivity contribution in [1.82, 2.24) is 0 Å². The standard InChI is InChI=1S/C16H19OP.B/c1-12-10-13(2)16(17-3)15(11-12)18(4)14-8-6-5-7-9-14;/h5-11H,1-4H3;/t18-;/m1./s1. The van der Waals surface area contributed by atoms with E-state index < -0.39 is 0 Å². The Morgan fingerprint density at radius 2 is 1.63 bits per heavy atom. The highest BCUT2D eigenvalue weighted by Gasteiger charge is 2.15. The minimum Gasteiger partial charge on any atom is -0.496 e. The second-order valence-corrected chi connectivity index (χ2v) is 6.64. The molecule has 3 radical (unpaired) electrons. The van der Waals surface area contributed by atoms with E-state index in [1.165, 1.54) is 21.7 Å². The van der Waals surface area contributed by atoms with Crippen LogP contribution in [0.3, 0.4) is 0 Å². The summed E-state index contributed by atoms with van der Waals surface area (Å²) in [4.78, 5) is 0. The maximum atomic E-state index is 5.59. The van der Waals surface area contributed by atoms with E-state index in [2.05, 4.69) is 63.0 Å². The molecule has 0 N–H and O–H groups in total. The first-order chi connectivity index (χ1) is 8.63. The van der Waals surface area contributed by atoms with Crippen LogP contribution < -0.4 is 15.3 Å². The number of hydrogen-bond acceptors (Lipinski definition) is 1. The molecule has 0 amide bonds. The summed E-state index contributed by atoms with van der Waals surface area (Å²) in [6, 6.07) is 15.1. The summed E-state index contributed by atoms with van der Waals surface area (Å²) in [7, 11) is 1.40. The Bertz CT molecular complexity index is 540. The van der Waals surface area contributed by atoms with Crippen molar-refractivity contribution in [2.24, 2.45) is 0 Å². The van der Waals surface area contributed by atoms with E-state index in [0.717, 1.165) is 5.75 Å². The van der Waals surface area contributed by atoms with Crippen LogP contribution in [0.2, 0.25) is 0 Å². The van der Waals surface area contributed by atoms with Crippen LogP contribution in [-0.2, 0) is 0 Å². The van der Waals surface area contributed by atoms with Gasteiger partial charge in [0.2, 0.25) is 0 Å². The lowest BCUT2D eigenvalue weighted by atomic mass is 10.1. The summed E-state index contributed by atoms with van der Waals surface area (Å²) in [5, 5.41) is 2.71. The third-order valence-corrected chi connectivity index (χ3v) is 5.24. The molecule has 0 bridgehead atoms. The van der Waals surface area contributed by atoms with Crippen LogP contribution in [0.15, 0.2) is 42.5 Å². The van der Waals surface area contributed by atoms with Crippen LogP contribution in [-0.4, -0.2) is 22.2 Å². The largest absolute Gasteiger partial charge is 0.496 e. The van der Waals surface area contributed by atoms with Gasteiger partial charge in [-0.05, 0) is 50.9 Å². The number of methoxy groups -OCH3 is 1. The first-order valence-electron chi connectivity index (χ1n) is 6.07. The van der Waals surface area contributed by atoms with E-state index in [4.69, 9.17) is 4.74 Å². The highest BCUT2D eigenvalue weighted by molar-refractivity contribution is 7.72. The molecule has 0 unspecified atom stereocenters. The summed E-state index contributed by atoms with van der Waals surface area (Å²) in [6.45, 7) is 6.55. The summed E-state index contributed by atoms with van der Waals surface area (Å²) in [5.41, 5.74) is 2.52. The highest BCUT2D eigenvalue weighted by Crippen LogP contribution is 2.35. The van der Waals surface area contributed by atoms with Gasteiger partial charge in [0.05, 0.1) is 7.11 Å². The zero-order valence-electron chi connectivity index (χ0n) is 12.0. The van der Waals surface area contributed by atoms with Gasteiger partial charge in [0.25, 0.3) is 0 Å². The smallest absolute Gasteiger partial charge is 0.129 e. The van der Waals surface area contributed by atoms with Crippen molar-refractivity contribution >= 4 is 26.9 Å². The van der Waals surface area contributed by atoms with E-state index in [0.29, 0.717) is 0 Å². The third kappa shape index (κ3) is 3.39. The summed E-state index contributed by atoms with van der Waals surface area (Å²) >= 11 is 0. The van der Waals surface area contributed by atoms with Gasteiger partial charge in [-0.2, -0.15) is 0 Å². The van der Waals surface area contributed by atoms with Crippen LogP contribution >= 0.6 is 7.92 Å². The normalized spacial score (nSPS) is 11.6. The quantitative estimate of drug-likeness (QED) is 0.614. The zero-order valence-corrected chi connectivity index (χ0v) is 12.9. The van der Waals surface area contributed by atoms with Crippen LogP contribution in [0.25, 0.3) is 0 Å². The average molecular weight is 269 g/mol. The fourth-order valence-electron chi connectivity index (χ4n) is 2.24. The van der Waals surface area contributed by atoms with Gasteiger partial charge in [0.15, 0.2) is 0 Å². The summed E-state index contributed by atoms with van der Waals surface area (Å²) in [5.74, 6) is 1.04. The SMILES string of the molecule is COc1c(C)cc(C)cc1[P@](C)c1ccccc1.[B]. The monoisotopic (exact) mass is 269 g/mol. The first kappa shape index (κ1) is 15.8. The van der Waals surface area contributed by atoms with Gasteiger partial charge in [0.1, 0.15) is 5.75 Å². The van der Waals surface area contributed by atoms with Crippen LogP contribution in [0.1, 0.15) is 11.1 Å². The van der Waals surface area contributed by atoms with Crippen molar-refractivity contribution in [3.63, 3.8) is 0 Å². The number of benzene rings is 2. The first-order valence-corrected chi connectivity index (χ1v) is 7.86. The van der Waals surface area contributed by atoms with Crippen molar-refractivity contribution in [2.45, 2.75) is 13.8 Å². The van der Waals surface area contributed by atoms with Gasteiger partial charge in [-0.1, -0.05) is 36.4 Å². The van der Waals surface area contributed by atoms with Gasteiger partial charge in [-0.25, -0.2) is 0 Å². The number of hydrogen-bond donors (Lipinski definition) is 0. The van der Waals surface area contributed by atoms with Crippen LogP contribution in [0.4, 0.5) is 0 Å². The van der Waals surface area contributed by atoms with Gasteiger partial charge in [-0.15, -0.1) is 0 Å². The molecular formula is C16H19BOP. The van der Waals surface area contributed by atoms with Crippen molar-refractivity contribution in [2.75, 3.05) is 13.8 Å². The molecule has 0 heterocycles. The van der Waals surface area contributed by atoms with Crippen LogP contribution in [0.5, 0.6) is 5.75 Å². The van der Waals surface area contributed by atoms with Crippen molar-refractivity contribution < 1.29 is 4.74 Å². The molecule has 0 saturated carbocycles. The molecule has 0 aromatic heterocycles. The maximum Gasteiger partial charge on any atom is 0.129 e. The lowest BCUT2D eigenvalue weighted by molar-refractivity contribution is 0.415. The van der Waals surface area contributed by atoms with Gasteiger partial charge in [0, 0.05) is 13.7 Å². The van der Waals surface area contributed by atoms with E-state index in [-0.39, 0.29) is 16.3 Å². The van der Waals surface area contributed by atoms with Crippen molar-refractivity contribution in [1.29, 1.82) is 0 Å². The molecule has 0 spiro atoms. The Balaban J connectivity index is 0.00000180. The van der Waals surface area contributed by atoms with E-state index in [1.807, 2.05) is 0 Å². The topological polar surface area (TPSA) is 9.23 Å². The fourth-order valence-corrected chi connectivity index (χ4v) is 4.10. The molecule has 97 valence electrons. The summed E-state index contributed by atoms with van der Waals surface area (Å²) < 4.78 is 5.59. The molecule has 0 aliphatic heterocycles. The number of ether oxygens (including phenoxy) is 1. The average Bonchev–Trinajstić information content (AvgIpc) is 2.38. The minimum atomic E-state index is -0.355. The Morgan fingerprint density at radius 1 is 1.00 bits per heavy atom. The zero-order chi connectivity index (χ0) is 13.1. The molecule has 0 aliphatic carbocycles. The van der Waals surface area contributed by atoms with E-state index >= 15 is 0 Å². The van der Waals surface area contributed by atoms with E-state index in [9.17, 15) is 0 Å². The van der Waals surface area contributed by atoms with Crippen LogP contribution in [0, 0.1) is 13.8 Å². The van der Waals surface area contributed by atoms with Gasteiger partial charge < -0.3 is 4.74 Å². The predicted octanol–water partition coefficient (Wildman–Crippen LogP) is 2.99. The molecule has 0 aliphatic rings. The molecule has 0 saturated heterocycles.